The summed E-state index contributed by atoms with van der Waals surface area (Å²) in [6, 6.07) is 2.24. The molecule has 212 valence electrons. The second-order valence-corrected chi connectivity index (χ2v) is 11.2. The molecule has 40 heavy (non-hydrogen) atoms. The number of ether oxygens (including phenoxy) is 2. The van der Waals surface area contributed by atoms with Crippen molar-refractivity contribution in [3.63, 3.8) is 0 Å². The second kappa shape index (κ2) is 10.8. The zero-order valence-corrected chi connectivity index (χ0v) is 23.5. The normalized spacial score (nSPS) is 26.6. The Kier molecular flexibility index (Phi) is 7.55. The first-order valence-corrected chi connectivity index (χ1v) is 13.7. The fourth-order valence-corrected chi connectivity index (χ4v) is 6.54. The minimum absolute atomic E-state index is 0.0709. The summed E-state index contributed by atoms with van der Waals surface area (Å²) in [5.74, 6) is -1.86. The van der Waals surface area contributed by atoms with Crippen molar-refractivity contribution in [3.8, 4) is 0 Å². The van der Waals surface area contributed by atoms with Crippen LogP contribution >= 0.6 is 22.9 Å². The number of nitrogens with zero attached hydrogens (tertiary/aromatic N) is 4. The fourth-order valence-electron chi connectivity index (χ4n) is 5.69. The molecule has 1 aromatic carbocycles. The molecule has 4 heterocycles. The Hall–Kier alpha value is -3.55. The molecule has 0 radical (unpaired) electrons. The van der Waals surface area contributed by atoms with E-state index in [0.29, 0.717) is 22.1 Å². The SMILES string of the molecule is COC(=O)C1=C(CN2C(C)CN3C(=O)OC[C@]3(CC(=O)O)C2C)NC(c2nccs2)=N[C@H]1c1ccc(F)cc1Cl. The maximum Gasteiger partial charge on any atom is 0.410 e. The van der Waals surface area contributed by atoms with Gasteiger partial charge >= 0.3 is 18.0 Å². The minimum atomic E-state index is -1.10. The topological polar surface area (TPSA) is 134 Å². The molecular weight excluding hydrogens is 565 g/mol. The second-order valence-electron chi connectivity index (χ2n) is 9.93. The number of hydrogen-bond acceptors (Lipinski definition) is 10. The monoisotopic (exact) mass is 591 g/mol. The molecule has 5 rings (SSSR count). The summed E-state index contributed by atoms with van der Waals surface area (Å²) < 4.78 is 24.4. The van der Waals surface area contributed by atoms with Crippen LogP contribution in [0.3, 0.4) is 0 Å². The smallest absolute Gasteiger partial charge is 0.410 e. The maximum atomic E-state index is 13.9. The molecule has 2 saturated heterocycles. The number of carboxylic acid groups (broad SMARTS) is 1. The third kappa shape index (κ3) is 4.82. The van der Waals surface area contributed by atoms with Gasteiger partial charge in [-0.2, -0.15) is 0 Å². The molecule has 2 aromatic rings. The van der Waals surface area contributed by atoms with Crippen molar-refractivity contribution >= 4 is 46.8 Å². The molecule has 0 bridgehead atoms. The molecule has 2 N–H and O–H groups in total. The van der Waals surface area contributed by atoms with E-state index in [2.05, 4.69) is 10.3 Å². The van der Waals surface area contributed by atoms with Crippen molar-refractivity contribution in [2.24, 2.45) is 4.99 Å². The minimum Gasteiger partial charge on any atom is -0.481 e. The first-order valence-electron chi connectivity index (χ1n) is 12.5. The standard InChI is InChI=1S/C26H27ClFN5O6S/c1-13-10-33-25(37)39-12-26(33,9-19(34)35)14(2)32(13)11-18-20(24(36)38-3)21(16-5-4-15(28)8-17(16)27)31-22(30-18)23-29-6-7-40-23/h4-8,13-14,21H,9-12H2,1-3H3,(H,30,31)(H,34,35)/t13?,14?,21-,26+/m0/s1. The summed E-state index contributed by atoms with van der Waals surface area (Å²) in [6.45, 7) is 4.07. The molecule has 3 aliphatic rings. The van der Waals surface area contributed by atoms with Gasteiger partial charge in [-0.25, -0.2) is 19.0 Å². The number of rotatable bonds is 7. The summed E-state index contributed by atoms with van der Waals surface area (Å²) in [5, 5.41) is 15.4. The zero-order chi connectivity index (χ0) is 28.8. The van der Waals surface area contributed by atoms with E-state index in [1.807, 2.05) is 18.7 Å². The Bertz CT molecular complexity index is 1420. The van der Waals surface area contributed by atoms with E-state index in [-0.39, 0.29) is 42.8 Å². The van der Waals surface area contributed by atoms with Gasteiger partial charge in [-0.05, 0) is 26.0 Å². The summed E-state index contributed by atoms with van der Waals surface area (Å²) in [5.41, 5.74) is -0.0776. The summed E-state index contributed by atoms with van der Waals surface area (Å²) >= 11 is 7.78. The number of nitrogens with one attached hydrogen (secondary N) is 1. The number of thiazole rings is 1. The van der Waals surface area contributed by atoms with E-state index in [9.17, 15) is 23.9 Å². The number of aliphatic carboxylic acids is 1. The zero-order valence-electron chi connectivity index (χ0n) is 21.9. The number of aliphatic imine (C=N–C) groups is 1. The van der Waals surface area contributed by atoms with Crippen LogP contribution in [0.2, 0.25) is 5.02 Å². The molecule has 1 aromatic heterocycles. The molecule has 0 spiro atoms. The van der Waals surface area contributed by atoms with Crippen LogP contribution in [-0.4, -0.2) is 88.2 Å². The quantitative estimate of drug-likeness (QED) is 0.466. The van der Waals surface area contributed by atoms with Crippen molar-refractivity contribution in [2.45, 2.75) is 43.9 Å². The number of aromatic nitrogens is 1. The average molecular weight is 592 g/mol. The molecule has 0 saturated carbocycles. The van der Waals surface area contributed by atoms with Gasteiger partial charge in [0.15, 0.2) is 10.8 Å². The number of carbonyl (C=O) groups is 3. The average Bonchev–Trinajstić information content (AvgIpc) is 3.55. The molecule has 2 fully saturated rings. The van der Waals surface area contributed by atoms with E-state index in [0.717, 1.165) is 6.07 Å². The number of piperazine rings is 1. The third-order valence-electron chi connectivity index (χ3n) is 7.71. The van der Waals surface area contributed by atoms with E-state index in [1.165, 1.54) is 35.5 Å². The lowest BCUT2D eigenvalue weighted by atomic mass is 9.82. The van der Waals surface area contributed by atoms with E-state index >= 15 is 0 Å². The highest BCUT2D eigenvalue weighted by Gasteiger charge is 2.58. The highest BCUT2D eigenvalue weighted by molar-refractivity contribution is 7.11. The molecular formula is C26H27ClFN5O6S. The number of amides is 1. The Morgan fingerprint density at radius 3 is 2.80 bits per heavy atom. The molecule has 3 aliphatic heterocycles. The number of amidine groups is 1. The van der Waals surface area contributed by atoms with Crippen molar-refractivity contribution < 1.29 is 33.4 Å². The van der Waals surface area contributed by atoms with Gasteiger partial charge in [0, 0.05) is 53.0 Å². The highest BCUT2D eigenvalue weighted by Crippen LogP contribution is 2.41. The maximum absolute atomic E-state index is 13.9. The van der Waals surface area contributed by atoms with Gasteiger partial charge < -0.3 is 19.9 Å². The number of cyclic esters (lactones) is 1. The van der Waals surface area contributed by atoms with Gasteiger partial charge in [0.05, 0.1) is 19.1 Å². The lowest BCUT2D eigenvalue weighted by Crippen LogP contribution is -2.70. The number of benzene rings is 1. The van der Waals surface area contributed by atoms with Crippen LogP contribution in [0.15, 0.2) is 46.0 Å². The van der Waals surface area contributed by atoms with Crippen molar-refractivity contribution in [1.82, 2.24) is 20.1 Å². The van der Waals surface area contributed by atoms with E-state index in [4.69, 9.17) is 26.1 Å². The van der Waals surface area contributed by atoms with Crippen molar-refractivity contribution in [2.75, 3.05) is 26.8 Å². The van der Waals surface area contributed by atoms with Gasteiger partial charge in [-0.3, -0.25) is 19.6 Å². The van der Waals surface area contributed by atoms with Crippen LogP contribution in [0.5, 0.6) is 0 Å². The van der Waals surface area contributed by atoms with Crippen LogP contribution in [0.4, 0.5) is 9.18 Å². The van der Waals surface area contributed by atoms with Crippen LogP contribution < -0.4 is 5.32 Å². The number of carbonyl (C=O) groups excluding carboxylic acids is 2. The van der Waals surface area contributed by atoms with Crippen LogP contribution in [0.25, 0.3) is 0 Å². The predicted molar refractivity (Wildman–Crippen MR) is 144 cm³/mol. The summed E-state index contributed by atoms with van der Waals surface area (Å²) in [4.78, 5) is 50.4. The summed E-state index contributed by atoms with van der Waals surface area (Å²) in [6.07, 6.45) is 0.771. The Balaban J connectivity index is 1.61. The molecule has 14 heteroatoms. The third-order valence-corrected chi connectivity index (χ3v) is 8.82. The van der Waals surface area contributed by atoms with Gasteiger partial charge in [0.25, 0.3) is 0 Å². The Morgan fingerprint density at radius 1 is 1.38 bits per heavy atom. The predicted octanol–water partition coefficient (Wildman–Crippen LogP) is 3.21. The molecule has 1 amide bonds. The van der Waals surface area contributed by atoms with Crippen LogP contribution in [-0.2, 0) is 19.1 Å². The van der Waals surface area contributed by atoms with Gasteiger partial charge in [-0.1, -0.05) is 17.7 Å². The summed E-state index contributed by atoms with van der Waals surface area (Å²) in [7, 11) is 1.25. The van der Waals surface area contributed by atoms with E-state index in [1.54, 1.807) is 11.6 Å². The number of hydrogen-bond donors (Lipinski definition) is 2. The van der Waals surface area contributed by atoms with Gasteiger partial charge in [0.2, 0.25) is 0 Å². The largest absolute Gasteiger partial charge is 0.481 e. The van der Waals surface area contributed by atoms with Crippen molar-refractivity contribution in [1.29, 1.82) is 0 Å². The number of esters is 1. The van der Waals surface area contributed by atoms with E-state index < -0.39 is 41.5 Å². The molecule has 4 atom stereocenters. The fraction of sp³-hybridized carbons (Fsp3) is 0.423. The molecule has 0 aliphatic carbocycles. The van der Waals surface area contributed by atoms with Crippen LogP contribution in [0.1, 0.15) is 36.9 Å². The number of carboxylic acids is 1. The lowest BCUT2D eigenvalue weighted by Gasteiger charge is -2.52. The first kappa shape index (κ1) is 28.0. The number of halogens is 2. The van der Waals surface area contributed by atoms with Crippen LogP contribution in [0, 0.1) is 5.82 Å². The molecule has 11 nitrogen and oxygen atoms in total. The van der Waals surface area contributed by atoms with Gasteiger partial charge in [-0.15, -0.1) is 11.3 Å². The first-order chi connectivity index (χ1) is 19.1. The number of fused-ring (bicyclic) bond motifs is 1. The Labute approximate surface area is 238 Å². The van der Waals surface area contributed by atoms with Crippen molar-refractivity contribution in [3.05, 3.63) is 62.5 Å². The Morgan fingerprint density at radius 2 is 2.15 bits per heavy atom. The lowest BCUT2D eigenvalue weighted by molar-refractivity contribution is -0.142. The number of methoxy groups -OCH3 is 1. The van der Waals surface area contributed by atoms with Gasteiger partial charge in [0.1, 0.15) is 24.0 Å². The highest BCUT2D eigenvalue weighted by atomic mass is 35.5. The molecule has 2 unspecified atom stereocenters.